The van der Waals surface area contributed by atoms with Crippen LogP contribution < -0.4 is 5.32 Å². The quantitative estimate of drug-likeness (QED) is 0.472. The molecular weight excluding hydrogens is 182 g/mol. The summed E-state index contributed by atoms with van der Waals surface area (Å²) >= 11 is 0. The van der Waals surface area contributed by atoms with Crippen LogP contribution in [0.3, 0.4) is 0 Å². The van der Waals surface area contributed by atoms with Crippen LogP contribution >= 0.6 is 0 Å². The highest BCUT2D eigenvalue weighted by atomic mass is 14.9. The van der Waals surface area contributed by atoms with Crippen LogP contribution in [-0.2, 0) is 0 Å². The van der Waals surface area contributed by atoms with Crippen molar-refractivity contribution in [3.05, 3.63) is 12.7 Å². The zero-order chi connectivity index (χ0) is 10.9. The molecule has 0 aromatic heterocycles. The predicted molar refractivity (Wildman–Crippen MR) is 68.1 cm³/mol. The molecule has 1 heteroatoms. The predicted octanol–water partition coefficient (Wildman–Crippen LogP) is 3.90. The maximum absolute atomic E-state index is 3.76. The fraction of sp³-hybridized carbons (Fsp3) is 0.857. The van der Waals surface area contributed by atoms with Gasteiger partial charge in [-0.3, -0.25) is 0 Å². The van der Waals surface area contributed by atoms with Crippen LogP contribution in [0.4, 0.5) is 0 Å². The molecular formula is C14H27N. The van der Waals surface area contributed by atoms with Gasteiger partial charge in [-0.25, -0.2) is 0 Å². The van der Waals surface area contributed by atoms with Crippen LogP contribution in [0, 0.1) is 5.92 Å². The molecule has 0 bridgehead atoms. The van der Waals surface area contributed by atoms with Gasteiger partial charge in [0.05, 0.1) is 0 Å². The summed E-state index contributed by atoms with van der Waals surface area (Å²) in [6.07, 6.45) is 13.2. The van der Waals surface area contributed by atoms with Crippen LogP contribution in [0.15, 0.2) is 12.7 Å². The van der Waals surface area contributed by atoms with E-state index < -0.39 is 0 Å². The lowest BCUT2D eigenvalue weighted by atomic mass is 9.99. The van der Waals surface area contributed by atoms with Gasteiger partial charge in [0.1, 0.15) is 0 Å². The second-order valence-corrected chi connectivity index (χ2v) is 4.86. The SMILES string of the molecule is C=CCCCCCC1CCC(NCC)C1. The number of unbranched alkanes of at least 4 members (excludes halogenated alkanes) is 3. The molecule has 0 aliphatic heterocycles. The van der Waals surface area contributed by atoms with Gasteiger partial charge in [0, 0.05) is 6.04 Å². The maximum atomic E-state index is 3.76. The van der Waals surface area contributed by atoms with E-state index >= 15 is 0 Å². The minimum atomic E-state index is 0.827. The van der Waals surface area contributed by atoms with E-state index in [1.807, 2.05) is 6.08 Å². The van der Waals surface area contributed by atoms with Gasteiger partial charge in [0.2, 0.25) is 0 Å². The molecule has 0 aromatic carbocycles. The summed E-state index contributed by atoms with van der Waals surface area (Å²) in [4.78, 5) is 0. The van der Waals surface area contributed by atoms with Gasteiger partial charge in [0.15, 0.2) is 0 Å². The van der Waals surface area contributed by atoms with Gasteiger partial charge in [-0.2, -0.15) is 0 Å². The number of rotatable bonds is 8. The molecule has 1 nitrogen and oxygen atoms in total. The fourth-order valence-electron chi connectivity index (χ4n) is 2.71. The van der Waals surface area contributed by atoms with E-state index in [-0.39, 0.29) is 0 Å². The lowest BCUT2D eigenvalue weighted by Gasteiger charge is -2.11. The van der Waals surface area contributed by atoms with Crippen molar-refractivity contribution >= 4 is 0 Å². The molecule has 1 rings (SSSR count). The molecule has 1 N–H and O–H groups in total. The molecule has 88 valence electrons. The minimum absolute atomic E-state index is 0.827. The Balaban J connectivity index is 1.96. The zero-order valence-corrected chi connectivity index (χ0v) is 10.3. The standard InChI is InChI=1S/C14H27N/c1-3-5-6-7-8-9-13-10-11-14(12-13)15-4-2/h3,13-15H,1,4-12H2,2H3. The summed E-state index contributed by atoms with van der Waals surface area (Å²) in [6, 6.07) is 0.827. The smallest absolute Gasteiger partial charge is 0.00696 e. The molecule has 0 spiro atoms. The van der Waals surface area contributed by atoms with E-state index in [1.165, 1.54) is 51.4 Å². The normalized spacial score (nSPS) is 25.7. The van der Waals surface area contributed by atoms with Crippen molar-refractivity contribution in [3.63, 3.8) is 0 Å². The number of hydrogen-bond acceptors (Lipinski definition) is 1. The first kappa shape index (κ1) is 12.8. The summed E-state index contributed by atoms with van der Waals surface area (Å²) in [5.74, 6) is 1.01. The fourth-order valence-corrected chi connectivity index (χ4v) is 2.71. The lowest BCUT2D eigenvalue weighted by Crippen LogP contribution is -2.25. The highest BCUT2D eigenvalue weighted by Gasteiger charge is 2.22. The van der Waals surface area contributed by atoms with Crippen LogP contribution in [-0.4, -0.2) is 12.6 Å². The first-order valence-electron chi connectivity index (χ1n) is 6.71. The molecule has 0 radical (unpaired) electrons. The van der Waals surface area contributed by atoms with Crippen LogP contribution in [0.25, 0.3) is 0 Å². The van der Waals surface area contributed by atoms with Gasteiger partial charge in [0.25, 0.3) is 0 Å². The van der Waals surface area contributed by atoms with E-state index in [1.54, 1.807) is 0 Å². The van der Waals surface area contributed by atoms with Crippen molar-refractivity contribution in [3.8, 4) is 0 Å². The number of nitrogens with one attached hydrogen (secondary N) is 1. The van der Waals surface area contributed by atoms with Gasteiger partial charge < -0.3 is 5.32 Å². The topological polar surface area (TPSA) is 12.0 Å². The molecule has 1 fully saturated rings. The van der Waals surface area contributed by atoms with E-state index in [2.05, 4.69) is 18.8 Å². The Morgan fingerprint density at radius 1 is 1.27 bits per heavy atom. The summed E-state index contributed by atoms with van der Waals surface area (Å²) in [7, 11) is 0. The van der Waals surface area contributed by atoms with Crippen LogP contribution in [0.5, 0.6) is 0 Å². The van der Waals surface area contributed by atoms with Crippen molar-refractivity contribution in [2.75, 3.05) is 6.54 Å². The van der Waals surface area contributed by atoms with Gasteiger partial charge in [-0.1, -0.05) is 32.3 Å². The molecule has 0 heterocycles. The largest absolute Gasteiger partial charge is 0.314 e. The Morgan fingerprint density at radius 2 is 2.13 bits per heavy atom. The van der Waals surface area contributed by atoms with Crippen molar-refractivity contribution < 1.29 is 0 Å². The number of hydrogen-bond donors (Lipinski definition) is 1. The van der Waals surface area contributed by atoms with Crippen LogP contribution in [0.1, 0.15) is 58.3 Å². The third kappa shape index (κ3) is 5.36. The van der Waals surface area contributed by atoms with E-state index in [9.17, 15) is 0 Å². The zero-order valence-electron chi connectivity index (χ0n) is 10.3. The van der Waals surface area contributed by atoms with E-state index in [0.717, 1.165) is 18.5 Å². The Kier molecular flexibility index (Phi) is 6.74. The Bertz CT molecular complexity index is 165. The van der Waals surface area contributed by atoms with Crippen LogP contribution in [0.2, 0.25) is 0 Å². The van der Waals surface area contributed by atoms with E-state index in [0.29, 0.717) is 0 Å². The summed E-state index contributed by atoms with van der Waals surface area (Å²) in [5, 5.41) is 3.57. The first-order chi connectivity index (χ1) is 7.36. The maximum Gasteiger partial charge on any atom is 0.00696 e. The van der Waals surface area contributed by atoms with Crippen molar-refractivity contribution in [2.45, 2.75) is 64.3 Å². The van der Waals surface area contributed by atoms with Gasteiger partial charge in [-0.15, -0.1) is 6.58 Å². The van der Waals surface area contributed by atoms with Gasteiger partial charge in [-0.05, 0) is 44.6 Å². The first-order valence-corrected chi connectivity index (χ1v) is 6.71. The average molecular weight is 209 g/mol. The second-order valence-electron chi connectivity index (χ2n) is 4.86. The number of allylic oxidation sites excluding steroid dienone is 1. The Labute approximate surface area is 95.3 Å². The van der Waals surface area contributed by atoms with Crippen molar-refractivity contribution in [1.82, 2.24) is 5.32 Å². The van der Waals surface area contributed by atoms with Crippen molar-refractivity contribution in [1.29, 1.82) is 0 Å². The minimum Gasteiger partial charge on any atom is -0.314 e. The summed E-state index contributed by atoms with van der Waals surface area (Å²) < 4.78 is 0. The molecule has 15 heavy (non-hydrogen) atoms. The monoisotopic (exact) mass is 209 g/mol. The summed E-state index contributed by atoms with van der Waals surface area (Å²) in [5.41, 5.74) is 0. The molecule has 2 atom stereocenters. The Morgan fingerprint density at radius 3 is 2.87 bits per heavy atom. The molecule has 1 aliphatic rings. The van der Waals surface area contributed by atoms with Crippen molar-refractivity contribution in [2.24, 2.45) is 5.92 Å². The molecule has 0 saturated heterocycles. The molecule has 2 unspecified atom stereocenters. The lowest BCUT2D eigenvalue weighted by molar-refractivity contribution is 0.447. The Hall–Kier alpha value is -0.300. The molecule has 1 aliphatic carbocycles. The van der Waals surface area contributed by atoms with E-state index in [4.69, 9.17) is 0 Å². The van der Waals surface area contributed by atoms with Gasteiger partial charge >= 0.3 is 0 Å². The highest BCUT2D eigenvalue weighted by molar-refractivity contribution is 4.80. The average Bonchev–Trinajstić information content (AvgIpc) is 2.66. The molecule has 0 aromatic rings. The third-order valence-electron chi connectivity index (χ3n) is 3.55. The molecule has 1 saturated carbocycles. The second kappa shape index (κ2) is 7.92. The molecule has 0 amide bonds. The summed E-state index contributed by atoms with van der Waals surface area (Å²) in [6.45, 7) is 7.10. The third-order valence-corrected chi connectivity index (χ3v) is 3.55. The highest BCUT2D eigenvalue weighted by Crippen LogP contribution is 2.29.